The zero-order valence-corrected chi connectivity index (χ0v) is 15.0. The smallest absolute Gasteiger partial charge is 0.238 e. The van der Waals surface area contributed by atoms with Crippen molar-refractivity contribution in [3.63, 3.8) is 0 Å². The Balaban J connectivity index is 1.88. The van der Waals surface area contributed by atoms with Crippen molar-refractivity contribution >= 4 is 49.6 Å². The first-order valence-electron chi connectivity index (χ1n) is 6.61. The van der Waals surface area contributed by atoms with E-state index in [4.69, 9.17) is 5.14 Å². The van der Waals surface area contributed by atoms with E-state index in [1.54, 1.807) is 12.1 Å². The standard InChI is InChI=1S/C14H15IN2O2S2/c15-14-8-11-12(5-2-6-13(11)20-14)17-9-3-1-4-10(7-9)21(16,18)19/h1,3-4,7-8,12,17H,2,5-6H2,(H2,16,18,19). The summed E-state index contributed by atoms with van der Waals surface area (Å²) in [5.74, 6) is 0. The quantitative estimate of drug-likeness (QED) is 0.727. The summed E-state index contributed by atoms with van der Waals surface area (Å²) in [6.45, 7) is 0. The fourth-order valence-corrected chi connectivity index (χ4v) is 5.31. The average Bonchev–Trinajstić information content (AvgIpc) is 2.80. The van der Waals surface area contributed by atoms with Crippen LogP contribution in [-0.2, 0) is 16.4 Å². The van der Waals surface area contributed by atoms with Crippen LogP contribution in [0.4, 0.5) is 5.69 Å². The molecule has 0 spiro atoms. The third kappa shape index (κ3) is 3.41. The van der Waals surface area contributed by atoms with Gasteiger partial charge in [-0.25, -0.2) is 13.6 Å². The largest absolute Gasteiger partial charge is 0.378 e. The second-order valence-electron chi connectivity index (χ2n) is 5.09. The van der Waals surface area contributed by atoms with E-state index in [1.165, 1.54) is 19.4 Å². The highest BCUT2D eigenvalue weighted by atomic mass is 127. The molecule has 1 aromatic heterocycles. The van der Waals surface area contributed by atoms with Crippen molar-refractivity contribution in [1.29, 1.82) is 0 Å². The van der Waals surface area contributed by atoms with Crippen LogP contribution in [0.15, 0.2) is 35.2 Å². The molecule has 21 heavy (non-hydrogen) atoms. The zero-order chi connectivity index (χ0) is 15.0. The topological polar surface area (TPSA) is 72.2 Å². The van der Waals surface area contributed by atoms with Crippen LogP contribution in [0.2, 0.25) is 0 Å². The van der Waals surface area contributed by atoms with Gasteiger partial charge in [0.25, 0.3) is 0 Å². The molecule has 112 valence electrons. The minimum atomic E-state index is -3.66. The molecular weight excluding hydrogens is 419 g/mol. The van der Waals surface area contributed by atoms with E-state index in [-0.39, 0.29) is 10.9 Å². The Morgan fingerprint density at radius 1 is 1.33 bits per heavy atom. The first kappa shape index (κ1) is 15.3. The Bertz CT molecular complexity index is 771. The van der Waals surface area contributed by atoms with Crippen LogP contribution in [0.5, 0.6) is 0 Å². The third-order valence-corrected chi connectivity index (χ3v) is 6.47. The van der Waals surface area contributed by atoms with E-state index in [1.807, 2.05) is 17.4 Å². The molecule has 1 atom stereocenters. The second kappa shape index (κ2) is 5.86. The maximum absolute atomic E-state index is 11.4. The maximum atomic E-state index is 11.4. The molecule has 1 unspecified atom stereocenters. The summed E-state index contributed by atoms with van der Waals surface area (Å²) in [5.41, 5.74) is 2.14. The Morgan fingerprint density at radius 2 is 2.14 bits per heavy atom. The number of nitrogens with two attached hydrogens (primary N) is 1. The molecule has 0 aliphatic heterocycles. The van der Waals surface area contributed by atoms with Gasteiger partial charge in [-0.2, -0.15) is 0 Å². The monoisotopic (exact) mass is 434 g/mol. The molecule has 0 saturated carbocycles. The lowest BCUT2D eigenvalue weighted by Gasteiger charge is -2.24. The SMILES string of the molecule is NS(=O)(=O)c1cccc(NC2CCCc3sc(I)cc32)c1. The minimum Gasteiger partial charge on any atom is -0.378 e. The van der Waals surface area contributed by atoms with E-state index in [0.717, 1.165) is 24.9 Å². The summed E-state index contributed by atoms with van der Waals surface area (Å²) in [4.78, 5) is 1.58. The van der Waals surface area contributed by atoms with Crippen LogP contribution in [0, 0.1) is 2.88 Å². The van der Waals surface area contributed by atoms with Crippen LogP contribution in [0.3, 0.4) is 0 Å². The van der Waals surface area contributed by atoms with Gasteiger partial charge in [0, 0.05) is 10.6 Å². The Morgan fingerprint density at radius 3 is 2.90 bits per heavy atom. The molecule has 4 nitrogen and oxygen atoms in total. The van der Waals surface area contributed by atoms with Crippen LogP contribution < -0.4 is 10.5 Å². The number of primary sulfonamides is 1. The first-order chi connectivity index (χ1) is 9.93. The van der Waals surface area contributed by atoms with Gasteiger partial charge in [-0.15, -0.1) is 11.3 Å². The average molecular weight is 434 g/mol. The molecular formula is C14H15IN2O2S2. The number of sulfonamides is 1. The van der Waals surface area contributed by atoms with E-state index in [2.05, 4.69) is 34.0 Å². The molecule has 0 amide bonds. The van der Waals surface area contributed by atoms with Crippen molar-refractivity contribution in [2.45, 2.75) is 30.2 Å². The van der Waals surface area contributed by atoms with Gasteiger partial charge in [-0.05, 0) is 71.7 Å². The second-order valence-corrected chi connectivity index (χ2v) is 9.68. The highest BCUT2D eigenvalue weighted by Crippen LogP contribution is 2.38. The van der Waals surface area contributed by atoms with Gasteiger partial charge in [0.1, 0.15) is 0 Å². The molecule has 3 rings (SSSR count). The molecule has 1 aromatic carbocycles. The predicted molar refractivity (Wildman–Crippen MR) is 94.2 cm³/mol. The molecule has 0 fully saturated rings. The van der Waals surface area contributed by atoms with Gasteiger partial charge in [-0.3, -0.25) is 0 Å². The molecule has 0 saturated heterocycles. The summed E-state index contributed by atoms with van der Waals surface area (Å²) in [7, 11) is -3.66. The molecule has 1 heterocycles. The zero-order valence-electron chi connectivity index (χ0n) is 11.2. The highest BCUT2D eigenvalue weighted by molar-refractivity contribution is 14.1. The molecule has 0 radical (unpaired) electrons. The summed E-state index contributed by atoms with van der Waals surface area (Å²) in [6, 6.07) is 9.16. The molecule has 3 N–H and O–H groups in total. The Hall–Kier alpha value is -0.640. The van der Waals surface area contributed by atoms with Gasteiger partial charge in [0.2, 0.25) is 10.0 Å². The lowest BCUT2D eigenvalue weighted by molar-refractivity contribution is 0.597. The fraction of sp³-hybridized carbons (Fsp3) is 0.286. The van der Waals surface area contributed by atoms with Gasteiger partial charge < -0.3 is 5.32 Å². The van der Waals surface area contributed by atoms with Crippen LogP contribution in [0.25, 0.3) is 0 Å². The fourth-order valence-electron chi connectivity index (χ4n) is 2.64. The summed E-state index contributed by atoms with van der Waals surface area (Å²) in [6.07, 6.45) is 3.34. The first-order valence-corrected chi connectivity index (χ1v) is 10.0. The van der Waals surface area contributed by atoms with E-state index >= 15 is 0 Å². The number of aryl methyl sites for hydroxylation is 1. The number of halogens is 1. The number of rotatable bonds is 3. The van der Waals surface area contributed by atoms with Crippen molar-refractivity contribution in [3.8, 4) is 0 Å². The van der Waals surface area contributed by atoms with Crippen molar-refractivity contribution in [2.24, 2.45) is 5.14 Å². The van der Waals surface area contributed by atoms with Gasteiger partial charge in [-0.1, -0.05) is 6.07 Å². The molecule has 1 aliphatic carbocycles. The Labute approximate surface area is 141 Å². The molecule has 7 heteroatoms. The lowest BCUT2D eigenvalue weighted by atomic mass is 9.94. The number of benzene rings is 1. The van der Waals surface area contributed by atoms with E-state index < -0.39 is 10.0 Å². The number of hydrogen-bond donors (Lipinski definition) is 2. The highest BCUT2D eigenvalue weighted by Gasteiger charge is 2.22. The van der Waals surface area contributed by atoms with E-state index in [0.29, 0.717) is 0 Å². The number of hydrogen-bond acceptors (Lipinski definition) is 4. The normalized spacial score (nSPS) is 18.3. The Kier molecular flexibility index (Phi) is 4.26. The van der Waals surface area contributed by atoms with Gasteiger partial charge >= 0.3 is 0 Å². The van der Waals surface area contributed by atoms with Gasteiger partial charge in [0.05, 0.1) is 13.8 Å². The molecule has 0 bridgehead atoms. The van der Waals surface area contributed by atoms with Gasteiger partial charge in [0.15, 0.2) is 0 Å². The minimum absolute atomic E-state index is 0.142. The predicted octanol–water partition coefficient (Wildman–Crippen LogP) is 3.49. The van der Waals surface area contributed by atoms with E-state index in [9.17, 15) is 8.42 Å². The van der Waals surface area contributed by atoms with Crippen molar-refractivity contribution in [3.05, 3.63) is 43.7 Å². The maximum Gasteiger partial charge on any atom is 0.238 e. The van der Waals surface area contributed by atoms with Crippen LogP contribution in [0.1, 0.15) is 29.3 Å². The van der Waals surface area contributed by atoms with Crippen LogP contribution >= 0.6 is 33.9 Å². The summed E-state index contributed by atoms with van der Waals surface area (Å²) < 4.78 is 24.2. The van der Waals surface area contributed by atoms with Crippen molar-refractivity contribution in [1.82, 2.24) is 0 Å². The van der Waals surface area contributed by atoms with Crippen molar-refractivity contribution in [2.75, 3.05) is 5.32 Å². The number of thiophene rings is 1. The lowest BCUT2D eigenvalue weighted by Crippen LogP contribution is -2.16. The van der Waals surface area contributed by atoms with Crippen molar-refractivity contribution < 1.29 is 8.42 Å². The number of nitrogens with one attached hydrogen (secondary N) is 1. The third-order valence-electron chi connectivity index (χ3n) is 3.59. The molecule has 1 aliphatic rings. The summed E-state index contributed by atoms with van der Waals surface area (Å²) >= 11 is 4.20. The molecule has 2 aromatic rings. The number of fused-ring (bicyclic) bond motifs is 1. The summed E-state index contributed by atoms with van der Waals surface area (Å²) in [5, 5.41) is 8.63. The van der Waals surface area contributed by atoms with Crippen LogP contribution in [-0.4, -0.2) is 8.42 Å². The number of anilines is 1.